The number of aliphatic hydroxyl groups is 1. The lowest BCUT2D eigenvalue weighted by atomic mass is 10.1. The van der Waals surface area contributed by atoms with Gasteiger partial charge < -0.3 is 20.8 Å². The molecule has 19 heavy (non-hydrogen) atoms. The maximum Gasteiger partial charge on any atom is 0.328 e. The van der Waals surface area contributed by atoms with E-state index in [2.05, 4.69) is 10.6 Å². The van der Waals surface area contributed by atoms with E-state index in [9.17, 15) is 9.59 Å². The minimum absolute atomic E-state index is 0.276. The smallest absolute Gasteiger partial charge is 0.328 e. The monoisotopic (exact) mass is 263 g/mol. The zero-order valence-electron chi connectivity index (χ0n) is 9.96. The van der Waals surface area contributed by atoms with E-state index in [1.54, 1.807) is 24.3 Å². The summed E-state index contributed by atoms with van der Waals surface area (Å²) in [5, 5.41) is 30.4. The van der Waals surface area contributed by atoms with Gasteiger partial charge in [0.2, 0.25) is 0 Å². The SMILES string of the molecule is N#CCc1ccc(NC(=O)NC(CO)C(=O)O)cc1. The van der Waals surface area contributed by atoms with E-state index in [1.807, 2.05) is 6.07 Å². The molecule has 0 saturated carbocycles. The molecule has 100 valence electrons. The summed E-state index contributed by atoms with van der Waals surface area (Å²) in [5.74, 6) is -1.32. The Kier molecular flexibility index (Phi) is 5.32. The van der Waals surface area contributed by atoms with Crippen molar-refractivity contribution in [3.05, 3.63) is 29.8 Å². The number of aliphatic hydroxyl groups excluding tert-OH is 1. The summed E-state index contributed by atoms with van der Waals surface area (Å²) in [5.41, 5.74) is 1.27. The number of aliphatic carboxylic acids is 1. The van der Waals surface area contributed by atoms with E-state index in [4.69, 9.17) is 15.5 Å². The number of carbonyl (C=O) groups is 2. The molecule has 7 heteroatoms. The number of nitrogens with zero attached hydrogens (tertiary/aromatic N) is 1. The van der Waals surface area contributed by atoms with E-state index in [0.717, 1.165) is 5.56 Å². The van der Waals surface area contributed by atoms with Crippen LogP contribution in [0.3, 0.4) is 0 Å². The van der Waals surface area contributed by atoms with Gasteiger partial charge in [0, 0.05) is 5.69 Å². The molecule has 0 heterocycles. The second-order valence-electron chi connectivity index (χ2n) is 3.70. The molecule has 0 aliphatic rings. The van der Waals surface area contributed by atoms with Crippen molar-refractivity contribution in [2.75, 3.05) is 11.9 Å². The summed E-state index contributed by atoms with van der Waals surface area (Å²) in [4.78, 5) is 22.0. The predicted molar refractivity (Wildman–Crippen MR) is 66.4 cm³/mol. The number of carbonyl (C=O) groups excluding carboxylic acids is 1. The van der Waals surface area contributed by atoms with Gasteiger partial charge in [0.1, 0.15) is 0 Å². The van der Waals surface area contributed by atoms with Gasteiger partial charge in [-0.05, 0) is 17.7 Å². The number of benzene rings is 1. The van der Waals surface area contributed by atoms with Crippen LogP contribution >= 0.6 is 0 Å². The van der Waals surface area contributed by atoms with Crippen LogP contribution in [0.1, 0.15) is 5.56 Å². The molecule has 0 radical (unpaired) electrons. The molecule has 4 N–H and O–H groups in total. The second-order valence-corrected chi connectivity index (χ2v) is 3.70. The summed E-state index contributed by atoms with van der Waals surface area (Å²) < 4.78 is 0. The lowest BCUT2D eigenvalue weighted by molar-refractivity contribution is -0.140. The molecule has 1 rings (SSSR count). The summed E-state index contributed by atoms with van der Waals surface area (Å²) in [6, 6.07) is 6.48. The highest BCUT2D eigenvalue weighted by Crippen LogP contribution is 2.09. The number of urea groups is 1. The van der Waals surface area contributed by atoms with Gasteiger partial charge >= 0.3 is 12.0 Å². The number of nitrogens with one attached hydrogen (secondary N) is 2. The van der Waals surface area contributed by atoms with Crippen molar-refractivity contribution in [2.24, 2.45) is 0 Å². The van der Waals surface area contributed by atoms with Crippen LogP contribution in [-0.4, -0.2) is 34.9 Å². The van der Waals surface area contributed by atoms with E-state index in [1.165, 1.54) is 0 Å². The fourth-order valence-electron chi connectivity index (χ4n) is 1.31. The molecule has 0 spiro atoms. The van der Waals surface area contributed by atoms with Gasteiger partial charge in [0.15, 0.2) is 6.04 Å². The zero-order valence-corrected chi connectivity index (χ0v) is 9.96. The summed E-state index contributed by atoms with van der Waals surface area (Å²) in [6.45, 7) is -0.691. The van der Waals surface area contributed by atoms with Crippen molar-refractivity contribution in [3.8, 4) is 6.07 Å². The molecule has 0 aromatic heterocycles. The molecule has 1 aromatic rings. The van der Waals surface area contributed by atoms with Crippen LogP contribution in [0.5, 0.6) is 0 Å². The summed E-state index contributed by atoms with van der Waals surface area (Å²) in [7, 11) is 0. The van der Waals surface area contributed by atoms with Crippen molar-refractivity contribution in [3.63, 3.8) is 0 Å². The number of anilines is 1. The van der Waals surface area contributed by atoms with E-state index in [-0.39, 0.29) is 6.42 Å². The first-order chi connectivity index (χ1) is 9.06. The van der Waals surface area contributed by atoms with Crippen LogP contribution in [0.15, 0.2) is 24.3 Å². The molecular weight excluding hydrogens is 250 g/mol. The fourth-order valence-corrected chi connectivity index (χ4v) is 1.31. The van der Waals surface area contributed by atoms with E-state index in [0.29, 0.717) is 5.69 Å². The average molecular weight is 263 g/mol. The number of carboxylic acids is 1. The highest BCUT2D eigenvalue weighted by molar-refractivity contribution is 5.92. The molecule has 1 unspecified atom stereocenters. The molecule has 0 aliphatic carbocycles. The third-order valence-corrected chi connectivity index (χ3v) is 2.28. The Balaban J connectivity index is 2.57. The number of rotatable bonds is 5. The van der Waals surface area contributed by atoms with Gasteiger partial charge in [-0.15, -0.1) is 0 Å². The average Bonchev–Trinajstić information content (AvgIpc) is 2.38. The van der Waals surface area contributed by atoms with Gasteiger partial charge in [0.25, 0.3) is 0 Å². The van der Waals surface area contributed by atoms with Crippen molar-refractivity contribution in [2.45, 2.75) is 12.5 Å². The largest absolute Gasteiger partial charge is 0.480 e. The van der Waals surface area contributed by atoms with Gasteiger partial charge in [-0.1, -0.05) is 12.1 Å². The molecule has 0 aliphatic heterocycles. The van der Waals surface area contributed by atoms with Crippen molar-refractivity contribution in [1.82, 2.24) is 5.32 Å². The Morgan fingerprint density at radius 3 is 2.42 bits per heavy atom. The first kappa shape index (κ1) is 14.5. The summed E-state index contributed by atoms with van der Waals surface area (Å²) >= 11 is 0. The van der Waals surface area contributed by atoms with Gasteiger partial charge in [-0.3, -0.25) is 0 Å². The van der Waals surface area contributed by atoms with Crippen LogP contribution in [0.4, 0.5) is 10.5 Å². The van der Waals surface area contributed by atoms with Crippen LogP contribution in [0.25, 0.3) is 0 Å². The maximum atomic E-state index is 11.4. The minimum atomic E-state index is -1.35. The molecule has 7 nitrogen and oxygen atoms in total. The zero-order chi connectivity index (χ0) is 14.3. The van der Waals surface area contributed by atoms with Gasteiger partial charge in [-0.2, -0.15) is 5.26 Å². The minimum Gasteiger partial charge on any atom is -0.480 e. The molecule has 2 amide bonds. The third kappa shape index (κ3) is 4.65. The third-order valence-electron chi connectivity index (χ3n) is 2.28. The second kappa shape index (κ2) is 6.98. The maximum absolute atomic E-state index is 11.4. The molecule has 1 aromatic carbocycles. The highest BCUT2D eigenvalue weighted by atomic mass is 16.4. The van der Waals surface area contributed by atoms with Crippen LogP contribution in [-0.2, 0) is 11.2 Å². The quantitative estimate of drug-likeness (QED) is 0.609. The van der Waals surface area contributed by atoms with E-state index >= 15 is 0 Å². The molecule has 0 fully saturated rings. The number of hydrogen-bond acceptors (Lipinski definition) is 4. The van der Waals surface area contributed by atoms with Crippen LogP contribution < -0.4 is 10.6 Å². The lowest BCUT2D eigenvalue weighted by Crippen LogP contribution is -2.45. The number of hydrogen-bond donors (Lipinski definition) is 4. The summed E-state index contributed by atoms with van der Waals surface area (Å²) in [6.07, 6.45) is 0.276. The van der Waals surface area contributed by atoms with Crippen molar-refractivity contribution >= 4 is 17.7 Å². The van der Waals surface area contributed by atoms with Crippen LogP contribution in [0, 0.1) is 11.3 Å². The molecule has 0 bridgehead atoms. The lowest BCUT2D eigenvalue weighted by Gasteiger charge is -2.12. The highest BCUT2D eigenvalue weighted by Gasteiger charge is 2.18. The standard InChI is InChI=1S/C12H13N3O4/c13-6-5-8-1-3-9(4-2-8)14-12(19)15-10(7-16)11(17)18/h1-4,10,16H,5,7H2,(H,17,18)(H2,14,15,19). The topological polar surface area (TPSA) is 122 Å². The molecule has 0 saturated heterocycles. The van der Waals surface area contributed by atoms with Crippen molar-refractivity contribution < 1.29 is 19.8 Å². The van der Waals surface area contributed by atoms with Gasteiger partial charge in [-0.25, -0.2) is 9.59 Å². The number of carboxylic acid groups (broad SMARTS) is 1. The molecular formula is C12H13N3O4. The Bertz CT molecular complexity index is 493. The van der Waals surface area contributed by atoms with Crippen molar-refractivity contribution in [1.29, 1.82) is 5.26 Å². The Labute approximate surface area is 109 Å². The van der Waals surface area contributed by atoms with E-state index < -0.39 is 24.6 Å². The fraction of sp³-hybridized carbons (Fsp3) is 0.250. The first-order valence-corrected chi connectivity index (χ1v) is 5.44. The molecule has 1 atom stereocenters. The first-order valence-electron chi connectivity index (χ1n) is 5.44. The Morgan fingerprint density at radius 1 is 1.32 bits per heavy atom. The Hall–Kier alpha value is -2.59. The number of amides is 2. The Morgan fingerprint density at radius 2 is 1.95 bits per heavy atom. The van der Waals surface area contributed by atoms with Gasteiger partial charge in [0.05, 0.1) is 19.1 Å². The van der Waals surface area contributed by atoms with Crippen LogP contribution in [0.2, 0.25) is 0 Å². The normalized spacial score (nSPS) is 11.2. The predicted octanol–water partition coefficient (Wildman–Crippen LogP) is 0.320. The number of nitriles is 1.